The molecule has 0 unspecified atom stereocenters. The predicted octanol–water partition coefficient (Wildman–Crippen LogP) is 3.88. The largest absolute Gasteiger partial charge is 0.356 e. The molecule has 0 radical (unpaired) electrons. The summed E-state index contributed by atoms with van der Waals surface area (Å²) in [6.07, 6.45) is 4.68. The van der Waals surface area contributed by atoms with Gasteiger partial charge in [0, 0.05) is 49.2 Å². The molecule has 0 aliphatic rings. The fourth-order valence-electron chi connectivity index (χ4n) is 2.77. The summed E-state index contributed by atoms with van der Waals surface area (Å²) < 4.78 is 3.78. The summed E-state index contributed by atoms with van der Waals surface area (Å²) in [6.45, 7) is 5.41. The molecule has 126 valence electrons. The lowest BCUT2D eigenvalue weighted by molar-refractivity contribution is -0.118. The van der Waals surface area contributed by atoms with Crippen LogP contribution in [0, 0.1) is 6.92 Å². The summed E-state index contributed by atoms with van der Waals surface area (Å²) in [6, 6.07) is 6.35. The van der Waals surface area contributed by atoms with Gasteiger partial charge in [-0.1, -0.05) is 0 Å². The Morgan fingerprint density at radius 2 is 2.12 bits per heavy atom. The van der Waals surface area contributed by atoms with Crippen LogP contribution < -0.4 is 5.32 Å². The summed E-state index contributed by atoms with van der Waals surface area (Å²) in [7, 11) is 0. The molecule has 0 aliphatic heterocycles. The molecule has 3 aromatic heterocycles. The maximum absolute atomic E-state index is 11.0. The highest BCUT2D eigenvalue weighted by Gasteiger charge is 2.15. The minimum Gasteiger partial charge on any atom is -0.356 e. The summed E-state index contributed by atoms with van der Waals surface area (Å²) in [4.78, 5) is 15.1. The molecule has 0 saturated carbocycles. The highest BCUT2D eigenvalue weighted by molar-refractivity contribution is 7.99. The average Bonchev–Trinajstić information content (AvgIpc) is 3.14. The van der Waals surface area contributed by atoms with Crippen molar-refractivity contribution in [1.29, 1.82) is 0 Å². The minimum absolute atomic E-state index is 0.0283. The van der Waals surface area contributed by atoms with Crippen LogP contribution in [0.1, 0.15) is 18.2 Å². The molecule has 0 fully saturated rings. The Morgan fingerprint density at radius 3 is 2.88 bits per heavy atom. The van der Waals surface area contributed by atoms with Gasteiger partial charge in [0.1, 0.15) is 0 Å². The Morgan fingerprint density at radius 1 is 1.33 bits per heavy atom. The Kier molecular flexibility index (Phi) is 5.58. The van der Waals surface area contributed by atoms with E-state index in [0.29, 0.717) is 6.54 Å². The number of thioether (sulfide) groups is 1. The molecule has 0 spiro atoms. The van der Waals surface area contributed by atoms with Gasteiger partial charge in [-0.15, -0.1) is 23.1 Å². The third-order valence-electron chi connectivity index (χ3n) is 3.96. The quantitative estimate of drug-likeness (QED) is 0.514. The van der Waals surface area contributed by atoms with Gasteiger partial charge < -0.3 is 9.88 Å². The molecule has 4 nitrogen and oxygen atoms in total. The molecule has 0 bridgehead atoms. The number of aryl methyl sites for hydroxylation is 2. The predicted molar refractivity (Wildman–Crippen MR) is 102 cm³/mol. The van der Waals surface area contributed by atoms with Gasteiger partial charge in [-0.2, -0.15) is 0 Å². The first kappa shape index (κ1) is 17.0. The molecule has 3 aromatic rings. The highest BCUT2D eigenvalue weighted by Crippen LogP contribution is 2.36. The zero-order chi connectivity index (χ0) is 16.9. The number of amides is 1. The van der Waals surface area contributed by atoms with Gasteiger partial charge in [0.2, 0.25) is 5.91 Å². The van der Waals surface area contributed by atoms with Crippen molar-refractivity contribution < 1.29 is 4.79 Å². The molecule has 1 amide bonds. The van der Waals surface area contributed by atoms with E-state index in [1.165, 1.54) is 26.4 Å². The van der Waals surface area contributed by atoms with Crippen LogP contribution in [0.4, 0.5) is 0 Å². The number of rotatable bonds is 7. The normalized spacial score (nSPS) is 11.1. The second-order valence-electron chi connectivity index (χ2n) is 5.64. The summed E-state index contributed by atoms with van der Waals surface area (Å²) in [5.74, 6) is 0.906. The van der Waals surface area contributed by atoms with Gasteiger partial charge in [0.05, 0.1) is 9.73 Å². The summed E-state index contributed by atoms with van der Waals surface area (Å²) >= 11 is 3.62. The van der Waals surface area contributed by atoms with Crippen LogP contribution >= 0.6 is 23.1 Å². The number of aromatic nitrogens is 2. The SMILES string of the molecule is CC(=O)NCCSc1c2ccsc2c(C)n1CCc1ccncc1. The number of hydrogen-bond donors (Lipinski definition) is 1. The number of nitrogens with zero attached hydrogens (tertiary/aromatic N) is 2. The lowest BCUT2D eigenvalue weighted by Crippen LogP contribution is -2.22. The van der Waals surface area contributed by atoms with Gasteiger partial charge in [0.15, 0.2) is 0 Å². The smallest absolute Gasteiger partial charge is 0.216 e. The van der Waals surface area contributed by atoms with E-state index in [1.54, 1.807) is 18.3 Å². The minimum atomic E-state index is 0.0283. The lowest BCUT2D eigenvalue weighted by Gasteiger charge is -2.12. The van der Waals surface area contributed by atoms with Gasteiger partial charge >= 0.3 is 0 Å². The molecule has 0 saturated heterocycles. The highest BCUT2D eigenvalue weighted by atomic mass is 32.2. The number of hydrogen-bond acceptors (Lipinski definition) is 4. The van der Waals surface area contributed by atoms with Crippen molar-refractivity contribution in [3.8, 4) is 0 Å². The maximum atomic E-state index is 11.0. The van der Waals surface area contributed by atoms with Gasteiger partial charge in [-0.25, -0.2) is 0 Å². The molecule has 3 heterocycles. The first-order valence-electron chi connectivity index (χ1n) is 7.99. The van der Waals surface area contributed by atoms with Gasteiger partial charge in [0.25, 0.3) is 0 Å². The number of nitrogens with one attached hydrogen (secondary N) is 1. The van der Waals surface area contributed by atoms with Gasteiger partial charge in [-0.05, 0) is 42.5 Å². The standard InChI is InChI=1S/C18H21N3OS2/c1-13-17-16(6-11-23-17)18(24-12-9-20-14(2)22)21(13)10-5-15-3-7-19-8-4-15/h3-4,6-8,11H,5,9-10,12H2,1-2H3,(H,20,22). The molecule has 6 heteroatoms. The maximum Gasteiger partial charge on any atom is 0.216 e. The molecule has 1 N–H and O–H groups in total. The topological polar surface area (TPSA) is 46.9 Å². The van der Waals surface area contributed by atoms with Crippen molar-refractivity contribution in [1.82, 2.24) is 14.9 Å². The van der Waals surface area contributed by atoms with E-state index in [1.807, 2.05) is 24.2 Å². The van der Waals surface area contributed by atoms with E-state index in [-0.39, 0.29) is 5.91 Å². The van der Waals surface area contributed by atoms with E-state index in [9.17, 15) is 4.79 Å². The van der Waals surface area contributed by atoms with Crippen LogP contribution in [-0.4, -0.2) is 27.8 Å². The van der Waals surface area contributed by atoms with Gasteiger partial charge in [-0.3, -0.25) is 9.78 Å². The van der Waals surface area contributed by atoms with E-state index in [0.717, 1.165) is 18.7 Å². The van der Waals surface area contributed by atoms with E-state index in [2.05, 4.69) is 45.4 Å². The van der Waals surface area contributed by atoms with Crippen molar-refractivity contribution in [2.45, 2.75) is 31.8 Å². The first-order valence-corrected chi connectivity index (χ1v) is 9.85. The molecule has 0 atom stereocenters. The summed E-state index contributed by atoms with van der Waals surface area (Å²) in [5, 5.41) is 7.67. The second-order valence-corrected chi connectivity index (χ2v) is 7.64. The molecule has 0 aliphatic carbocycles. The number of carbonyl (C=O) groups excluding carboxylic acids is 1. The van der Waals surface area contributed by atoms with E-state index < -0.39 is 0 Å². The Hall–Kier alpha value is -1.79. The Balaban J connectivity index is 1.77. The Labute approximate surface area is 150 Å². The van der Waals surface area contributed by atoms with Crippen molar-refractivity contribution in [3.63, 3.8) is 0 Å². The van der Waals surface area contributed by atoms with Crippen molar-refractivity contribution in [2.24, 2.45) is 0 Å². The number of thiophene rings is 1. The third-order valence-corrected chi connectivity index (χ3v) is 6.11. The van der Waals surface area contributed by atoms with Crippen LogP contribution in [0.5, 0.6) is 0 Å². The summed E-state index contributed by atoms with van der Waals surface area (Å²) in [5.41, 5.74) is 2.63. The first-order chi connectivity index (χ1) is 11.7. The zero-order valence-electron chi connectivity index (χ0n) is 13.9. The van der Waals surface area contributed by atoms with E-state index in [4.69, 9.17) is 0 Å². The van der Waals surface area contributed by atoms with Crippen LogP contribution in [0.25, 0.3) is 10.1 Å². The molecular formula is C18H21N3OS2. The number of carbonyl (C=O) groups is 1. The van der Waals surface area contributed by atoms with Crippen molar-refractivity contribution in [3.05, 3.63) is 47.2 Å². The molecular weight excluding hydrogens is 338 g/mol. The zero-order valence-corrected chi connectivity index (χ0v) is 15.5. The van der Waals surface area contributed by atoms with Crippen LogP contribution in [-0.2, 0) is 17.8 Å². The molecule has 0 aromatic carbocycles. The monoisotopic (exact) mass is 359 g/mol. The van der Waals surface area contributed by atoms with Crippen LogP contribution in [0.3, 0.4) is 0 Å². The van der Waals surface area contributed by atoms with Crippen molar-refractivity contribution >= 4 is 39.1 Å². The average molecular weight is 360 g/mol. The number of fused-ring (bicyclic) bond motifs is 1. The molecule has 24 heavy (non-hydrogen) atoms. The van der Waals surface area contributed by atoms with Crippen molar-refractivity contribution in [2.75, 3.05) is 12.3 Å². The lowest BCUT2D eigenvalue weighted by atomic mass is 10.2. The number of pyridine rings is 1. The molecule has 3 rings (SSSR count). The van der Waals surface area contributed by atoms with E-state index >= 15 is 0 Å². The second kappa shape index (κ2) is 7.85. The fourth-order valence-corrected chi connectivity index (χ4v) is 4.85. The van der Waals surface area contributed by atoms with Crippen LogP contribution in [0.2, 0.25) is 0 Å². The van der Waals surface area contributed by atoms with Crippen LogP contribution in [0.15, 0.2) is 41.0 Å². The third kappa shape index (κ3) is 3.82. The Bertz CT molecular complexity index is 824. The fraction of sp³-hybridized carbons (Fsp3) is 0.333.